The molecule has 1 N–H and O–H groups in total. The van der Waals surface area contributed by atoms with E-state index in [4.69, 9.17) is 16.3 Å². The molecule has 0 aliphatic heterocycles. The average Bonchev–Trinajstić information content (AvgIpc) is 2.49. The minimum atomic E-state index is 0.345. The summed E-state index contributed by atoms with van der Waals surface area (Å²) in [5, 5.41) is 4.17. The smallest absolute Gasteiger partial charge is 0.118 e. The van der Waals surface area contributed by atoms with Crippen LogP contribution >= 0.6 is 27.5 Å². The maximum atomic E-state index is 6.30. The number of halogens is 2. The number of likely N-dealkylation sites (N-methyl/N-ethyl adjacent to an activating group) is 1. The first-order chi connectivity index (χ1) is 10.1. The minimum Gasteiger partial charge on any atom is -0.497 e. The molecule has 112 valence electrons. The second-order valence-corrected chi connectivity index (χ2v) is 6.30. The molecule has 0 bridgehead atoms. The molecule has 0 heterocycles. The molecule has 1 unspecified atom stereocenters. The van der Waals surface area contributed by atoms with Gasteiger partial charge in [-0.3, -0.25) is 0 Å². The lowest BCUT2D eigenvalue weighted by atomic mass is 9.99. The summed E-state index contributed by atoms with van der Waals surface area (Å²) in [6.45, 7) is 0. The number of methoxy groups -OCH3 is 1. The summed E-state index contributed by atoms with van der Waals surface area (Å²) < 4.78 is 6.19. The summed E-state index contributed by atoms with van der Waals surface area (Å²) in [4.78, 5) is 0. The van der Waals surface area contributed by atoms with E-state index in [-0.39, 0.29) is 0 Å². The largest absolute Gasteiger partial charge is 0.497 e. The van der Waals surface area contributed by atoms with Gasteiger partial charge < -0.3 is 10.1 Å². The molecule has 0 amide bonds. The van der Waals surface area contributed by atoms with Crippen LogP contribution in [0.3, 0.4) is 0 Å². The zero-order valence-corrected chi connectivity index (χ0v) is 14.5. The Morgan fingerprint density at radius 2 is 1.86 bits per heavy atom. The Kier molecular flexibility index (Phi) is 6.09. The molecular formula is C17H19BrClNO. The summed E-state index contributed by atoms with van der Waals surface area (Å²) in [5.74, 6) is 0.885. The van der Waals surface area contributed by atoms with E-state index in [0.717, 1.165) is 33.6 Å². The molecule has 0 radical (unpaired) electrons. The third-order valence-electron chi connectivity index (χ3n) is 3.53. The van der Waals surface area contributed by atoms with E-state index in [1.54, 1.807) is 7.11 Å². The Balaban J connectivity index is 2.05. The Hall–Kier alpha value is -1.03. The molecule has 2 aromatic carbocycles. The van der Waals surface area contributed by atoms with E-state index in [9.17, 15) is 0 Å². The van der Waals surface area contributed by atoms with E-state index in [0.29, 0.717) is 6.04 Å². The van der Waals surface area contributed by atoms with Crippen LogP contribution in [0.25, 0.3) is 0 Å². The Morgan fingerprint density at radius 1 is 1.14 bits per heavy atom. The summed E-state index contributed by atoms with van der Waals surface area (Å²) in [5.41, 5.74) is 2.44. The van der Waals surface area contributed by atoms with Gasteiger partial charge in [0.25, 0.3) is 0 Å². The lowest BCUT2D eigenvalue weighted by Crippen LogP contribution is -2.30. The van der Waals surface area contributed by atoms with Crippen LogP contribution in [-0.2, 0) is 12.8 Å². The Bertz CT molecular complexity index is 586. The molecule has 1 atom stereocenters. The van der Waals surface area contributed by atoms with Gasteiger partial charge in [-0.25, -0.2) is 0 Å². The lowest BCUT2D eigenvalue weighted by Gasteiger charge is -2.17. The van der Waals surface area contributed by atoms with Gasteiger partial charge in [0.15, 0.2) is 0 Å². The third kappa shape index (κ3) is 4.73. The van der Waals surface area contributed by atoms with Crippen molar-refractivity contribution in [3.05, 3.63) is 63.1 Å². The molecule has 2 aromatic rings. The fourth-order valence-electron chi connectivity index (χ4n) is 2.28. The quantitative estimate of drug-likeness (QED) is 0.811. The van der Waals surface area contributed by atoms with Crippen molar-refractivity contribution >= 4 is 27.5 Å². The number of hydrogen-bond donors (Lipinski definition) is 1. The van der Waals surface area contributed by atoms with Gasteiger partial charge in [-0.15, -0.1) is 0 Å². The molecule has 0 spiro atoms. The van der Waals surface area contributed by atoms with Crippen molar-refractivity contribution in [1.82, 2.24) is 5.32 Å². The predicted octanol–water partition coefficient (Wildman–Crippen LogP) is 4.48. The molecule has 0 saturated heterocycles. The fraction of sp³-hybridized carbons (Fsp3) is 0.294. The second-order valence-electron chi connectivity index (χ2n) is 4.98. The summed E-state index contributed by atoms with van der Waals surface area (Å²) >= 11 is 9.73. The van der Waals surface area contributed by atoms with E-state index in [1.165, 1.54) is 5.56 Å². The Morgan fingerprint density at radius 3 is 2.43 bits per heavy atom. The monoisotopic (exact) mass is 367 g/mol. The van der Waals surface area contributed by atoms with Crippen molar-refractivity contribution in [2.75, 3.05) is 14.2 Å². The highest BCUT2D eigenvalue weighted by Gasteiger charge is 2.11. The van der Waals surface area contributed by atoms with Crippen LogP contribution in [0.5, 0.6) is 5.75 Å². The van der Waals surface area contributed by atoms with E-state index < -0.39 is 0 Å². The summed E-state index contributed by atoms with van der Waals surface area (Å²) in [6.07, 6.45) is 1.85. The number of rotatable bonds is 6. The van der Waals surface area contributed by atoms with Crippen LogP contribution in [-0.4, -0.2) is 20.2 Å². The normalized spacial score (nSPS) is 12.2. The number of nitrogens with one attached hydrogen (secondary N) is 1. The molecular weight excluding hydrogens is 350 g/mol. The summed E-state index contributed by atoms with van der Waals surface area (Å²) in [7, 11) is 3.67. The SMILES string of the molecule is CNC(Cc1ccc(OC)cc1)Cc1ccc(Br)cc1Cl. The standard InChI is InChI=1S/C17H19BrClNO/c1-20-15(9-12-3-7-16(21-2)8-4-12)10-13-5-6-14(18)11-17(13)19/h3-8,11,15,20H,9-10H2,1-2H3. The van der Waals surface area contributed by atoms with Crippen molar-refractivity contribution < 1.29 is 4.74 Å². The van der Waals surface area contributed by atoms with Crippen LogP contribution in [0, 0.1) is 0 Å². The van der Waals surface area contributed by atoms with Gasteiger partial charge >= 0.3 is 0 Å². The number of benzene rings is 2. The van der Waals surface area contributed by atoms with Crippen molar-refractivity contribution in [3.8, 4) is 5.75 Å². The first-order valence-electron chi connectivity index (χ1n) is 6.86. The average molecular weight is 369 g/mol. The maximum absolute atomic E-state index is 6.30. The highest BCUT2D eigenvalue weighted by atomic mass is 79.9. The number of ether oxygens (including phenoxy) is 1. The van der Waals surface area contributed by atoms with Crippen LogP contribution in [0.15, 0.2) is 46.9 Å². The van der Waals surface area contributed by atoms with Crippen molar-refractivity contribution in [1.29, 1.82) is 0 Å². The number of hydrogen-bond acceptors (Lipinski definition) is 2. The van der Waals surface area contributed by atoms with E-state index in [1.807, 2.05) is 31.3 Å². The van der Waals surface area contributed by atoms with Crippen LogP contribution < -0.4 is 10.1 Å². The van der Waals surface area contributed by atoms with Gasteiger partial charge in [-0.1, -0.05) is 45.7 Å². The molecule has 2 rings (SSSR count). The molecule has 0 aromatic heterocycles. The fourth-order valence-corrected chi connectivity index (χ4v) is 3.03. The van der Waals surface area contributed by atoms with Gasteiger partial charge in [0.2, 0.25) is 0 Å². The van der Waals surface area contributed by atoms with Crippen molar-refractivity contribution in [2.45, 2.75) is 18.9 Å². The predicted molar refractivity (Wildman–Crippen MR) is 92.4 cm³/mol. The van der Waals surface area contributed by atoms with E-state index >= 15 is 0 Å². The van der Waals surface area contributed by atoms with Crippen molar-refractivity contribution in [3.63, 3.8) is 0 Å². The second kappa shape index (κ2) is 7.83. The van der Waals surface area contributed by atoms with Crippen LogP contribution in [0.1, 0.15) is 11.1 Å². The molecule has 0 fully saturated rings. The highest BCUT2D eigenvalue weighted by molar-refractivity contribution is 9.10. The van der Waals surface area contributed by atoms with Gasteiger partial charge in [0, 0.05) is 15.5 Å². The molecule has 21 heavy (non-hydrogen) atoms. The molecule has 0 saturated carbocycles. The van der Waals surface area contributed by atoms with Gasteiger partial charge in [0.05, 0.1) is 7.11 Å². The molecule has 2 nitrogen and oxygen atoms in total. The van der Waals surface area contributed by atoms with Gasteiger partial charge in [-0.2, -0.15) is 0 Å². The Labute approximate surface area is 139 Å². The molecule has 0 aliphatic carbocycles. The van der Waals surface area contributed by atoms with Gasteiger partial charge in [0.1, 0.15) is 5.75 Å². The minimum absolute atomic E-state index is 0.345. The van der Waals surface area contributed by atoms with Crippen LogP contribution in [0.4, 0.5) is 0 Å². The first-order valence-corrected chi connectivity index (χ1v) is 8.03. The van der Waals surface area contributed by atoms with Crippen molar-refractivity contribution in [2.24, 2.45) is 0 Å². The van der Waals surface area contributed by atoms with E-state index in [2.05, 4.69) is 39.4 Å². The molecule has 4 heteroatoms. The third-order valence-corrected chi connectivity index (χ3v) is 4.38. The topological polar surface area (TPSA) is 21.3 Å². The lowest BCUT2D eigenvalue weighted by molar-refractivity contribution is 0.414. The highest BCUT2D eigenvalue weighted by Crippen LogP contribution is 2.23. The summed E-state index contributed by atoms with van der Waals surface area (Å²) in [6, 6.07) is 14.6. The first kappa shape index (κ1) is 16.3. The van der Waals surface area contributed by atoms with Gasteiger partial charge in [-0.05, 0) is 55.3 Å². The maximum Gasteiger partial charge on any atom is 0.118 e. The zero-order chi connectivity index (χ0) is 15.2. The van der Waals surface area contributed by atoms with Crippen LogP contribution in [0.2, 0.25) is 5.02 Å². The zero-order valence-electron chi connectivity index (χ0n) is 12.2. The molecule has 0 aliphatic rings.